The topological polar surface area (TPSA) is 9.23 Å². The van der Waals surface area contributed by atoms with E-state index in [1.165, 1.54) is 6.42 Å². The van der Waals surface area contributed by atoms with Crippen LogP contribution in [0.15, 0.2) is 0 Å². The second-order valence-corrected chi connectivity index (χ2v) is 8.34. The fourth-order valence-electron chi connectivity index (χ4n) is 0.909. The van der Waals surface area contributed by atoms with Gasteiger partial charge in [0.2, 0.25) is 0 Å². The summed E-state index contributed by atoms with van der Waals surface area (Å²) in [7, 11) is 0. The monoisotopic (exact) mass is 178 g/mol. The second kappa shape index (κ2) is 2.58. The van der Waals surface area contributed by atoms with E-state index < -0.39 is 6.31 Å². The molecule has 0 saturated carbocycles. The van der Waals surface area contributed by atoms with Gasteiger partial charge in [-0.25, -0.2) is 0 Å². The second-order valence-electron chi connectivity index (χ2n) is 3.76. The highest BCUT2D eigenvalue weighted by Gasteiger charge is 2.27. The molecule has 0 aromatic heterocycles. The maximum Gasteiger partial charge on any atom is 0.0569 e. The normalized spacial score (nSPS) is 39.5. The third kappa shape index (κ3) is 2.34. The molecule has 60 valence electrons. The Balaban J connectivity index is 2.54. The number of rotatable bonds is 0. The third-order valence-electron chi connectivity index (χ3n) is 1.83. The maximum atomic E-state index is 5.54. The summed E-state index contributed by atoms with van der Waals surface area (Å²) < 4.78 is 5.54. The molecule has 0 N–H and O–H groups in total. The molecule has 1 atom stereocenters. The minimum atomic E-state index is -1.47. The van der Waals surface area contributed by atoms with E-state index in [1.807, 2.05) is 0 Å². The molecule has 0 spiro atoms. The zero-order valence-electron chi connectivity index (χ0n) is 6.63. The fourth-order valence-corrected chi connectivity index (χ4v) is 3.06. The molecule has 10 heavy (non-hydrogen) atoms. The van der Waals surface area contributed by atoms with Crippen molar-refractivity contribution in [3.8, 4) is 0 Å². The van der Waals surface area contributed by atoms with E-state index in [2.05, 4.69) is 32.4 Å². The number of hydrogen-bond donors (Lipinski definition) is 1. The van der Waals surface area contributed by atoms with Gasteiger partial charge in [-0.1, -0.05) is 20.1 Å². The van der Waals surface area contributed by atoms with Gasteiger partial charge in [-0.2, -0.15) is 0 Å². The van der Waals surface area contributed by atoms with Crippen molar-refractivity contribution in [3.63, 3.8) is 0 Å². The summed E-state index contributed by atoms with van der Waals surface area (Å²) in [6.07, 6.45) is 4.74. The predicted octanol–water partition coefficient (Wildman–Crippen LogP) is 2.64. The molecule has 0 aromatic rings. The lowest BCUT2D eigenvalue weighted by Crippen LogP contribution is -2.24. The Hall–Kier alpha value is 0.610. The molecule has 1 rings (SSSR count). The molecule has 0 bridgehead atoms. The Bertz CT molecular complexity index is 162. The van der Waals surface area contributed by atoms with Crippen LogP contribution in [0.4, 0.5) is 0 Å². The van der Waals surface area contributed by atoms with Crippen LogP contribution in [0.5, 0.6) is 0 Å². The van der Waals surface area contributed by atoms with Crippen LogP contribution in [-0.2, 0) is 4.52 Å². The van der Waals surface area contributed by atoms with Gasteiger partial charge in [0.05, 0.1) is 6.61 Å². The van der Waals surface area contributed by atoms with Gasteiger partial charge in [-0.05, 0) is 18.0 Å². The molecule has 1 unspecified atom stereocenters. The minimum Gasteiger partial charge on any atom is -0.351 e. The fraction of sp³-hybridized carbons (Fsp3) is 0.857. The van der Waals surface area contributed by atoms with Crippen LogP contribution < -0.4 is 0 Å². The summed E-state index contributed by atoms with van der Waals surface area (Å²) in [6, 6.07) is 0. The van der Waals surface area contributed by atoms with Crippen molar-refractivity contribution in [1.29, 1.82) is 0 Å². The molecular formula is C7H15OPS. The summed E-state index contributed by atoms with van der Waals surface area (Å²) in [5.41, 5.74) is 0.351. The SMILES string of the molecule is C=P1(S)CCC(C)(C)CO1. The zero-order valence-corrected chi connectivity index (χ0v) is 8.42. The lowest BCUT2D eigenvalue weighted by molar-refractivity contribution is 0.174. The summed E-state index contributed by atoms with van der Waals surface area (Å²) in [5, 5.41) is 0. The molecule has 1 heterocycles. The lowest BCUT2D eigenvalue weighted by atomic mass is 9.92. The number of hydrogen-bond acceptors (Lipinski definition) is 2. The summed E-state index contributed by atoms with van der Waals surface area (Å²) >= 11 is 4.37. The molecule has 0 aliphatic carbocycles. The van der Waals surface area contributed by atoms with Gasteiger partial charge in [-0.3, -0.25) is 0 Å². The first-order valence-electron chi connectivity index (χ1n) is 3.51. The highest BCUT2D eigenvalue weighted by Crippen LogP contribution is 2.57. The van der Waals surface area contributed by atoms with Gasteiger partial charge in [-0.15, -0.1) is 12.2 Å². The van der Waals surface area contributed by atoms with Crippen molar-refractivity contribution >= 4 is 24.9 Å². The zero-order chi connectivity index (χ0) is 7.83. The van der Waals surface area contributed by atoms with Crippen molar-refractivity contribution in [2.45, 2.75) is 20.3 Å². The Morgan fingerprint density at radius 3 is 2.50 bits per heavy atom. The van der Waals surface area contributed by atoms with Crippen molar-refractivity contribution in [1.82, 2.24) is 0 Å². The van der Waals surface area contributed by atoms with E-state index >= 15 is 0 Å². The van der Waals surface area contributed by atoms with Gasteiger partial charge in [0.25, 0.3) is 0 Å². The summed E-state index contributed by atoms with van der Waals surface area (Å²) in [4.78, 5) is 0. The van der Waals surface area contributed by atoms with E-state index in [0.717, 1.165) is 12.8 Å². The first-order chi connectivity index (χ1) is 4.41. The highest BCUT2D eigenvalue weighted by atomic mass is 32.7. The summed E-state index contributed by atoms with van der Waals surface area (Å²) in [5.74, 6) is 0. The van der Waals surface area contributed by atoms with Gasteiger partial charge in [0.1, 0.15) is 0 Å². The Morgan fingerprint density at radius 1 is 1.60 bits per heavy atom. The third-order valence-corrected chi connectivity index (χ3v) is 4.31. The van der Waals surface area contributed by atoms with Crippen LogP contribution in [-0.4, -0.2) is 19.1 Å². The van der Waals surface area contributed by atoms with Crippen LogP contribution in [0.1, 0.15) is 20.3 Å². The molecule has 1 aliphatic heterocycles. The Morgan fingerprint density at radius 2 is 2.20 bits per heavy atom. The van der Waals surface area contributed by atoms with Crippen molar-refractivity contribution in [2.24, 2.45) is 5.41 Å². The molecule has 1 aliphatic rings. The molecule has 1 fully saturated rings. The first-order valence-corrected chi connectivity index (χ1v) is 6.74. The van der Waals surface area contributed by atoms with Crippen LogP contribution in [0.2, 0.25) is 0 Å². The standard InChI is InChI=1S/C7H15OPS/c1-7(2)4-5-9(3,10)8-6-7/h10H,3-6H2,1-2H3. The smallest absolute Gasteiger partial charge is 0.0569 e. The van der Waals surface area contributed by atoms with Gasteiger partial charge < -0.3 is 4.52 Å². The van der Waals surface area contributed by atoms with Crippen molar-refractivity contribution in [2.75, 3.05) is 12.8 Å². The van der Waals surface area contributed by atoms with Crippen LogP contribution in [0.3, 0.4) is 0 Å². The quantitative estimate of drug-likeness (QED) is 0.443. The van der Waals surface area contributed by atoms with Crippen LogP contribution in [0, 0.1) is 5.41 Å². The molecule has 3 heteroatoms. The average molecular weight is 178 g/mol. The van der Waals surface area contributed by atoms with E-state index in [0.29, 0.717) is 5.41 Å². The molecule has 1 saturated heterocycles. The molecular weight excluding hydrogens is 163 g/mol. The Kier molecular flexibility index (Phi) is 2.25. The van der Waals surface area contributed by atoms with E-state index in [-0.39, 0.29) is 0 Å². The predicted molar refractivity (Wildman–Crippen MR) is 52.2 cm³/mol. The molecule has 1 nitrogen and oxygen atoms in total. The summed E-state index contributed by atoms with van der Waals surface area (Å²) in [6.45, 7) is 5.27. The van der Waals surface area contributed by atoms with Gasteiger partial charge >= 0.3 is 0 Å². The van der Waals surface area contributed by atoms with E-state index in [1.54, 1.807) is 0 Å². The van der Waals surface area contributed by atoms with Crippen LogP contribution in [0.25, 0.3) is 0 Å². The molecule has 0 aromatic carbocycles. The van der Waals surface area contributed by atoms with Crippen molar-refractivity contribution in [3.05, 3.63) is 0 Å². The number of thiol groups is 1. The lowest BCUT2D eigenvalue weighted by Gasteiger charge is -2.35. The van der Waals surface area contributed by atoms with E-state index in [4.69, 9.17) is 4.52 Å². The van der Waals surface area contributed by atoms with Gasteiger partial charge in [0, 0.05) is 6.31 Å². The largest absolute Gasteiger partial charge is 0.351 e. The molecule has 0 radical (unpaired) electrons. The maximum absolute atomic E-state index is 5.54. The van der Waals surface area contributed by atoms with E-state index in [9.17, 15) is 0 Å². The van der Waals surface area contributed by atoms with Crippen molar-refractivity contribution < 1.29 is 4.52 Å². The average Bonchev–Trinajstić information content (AvgIpc) is 1.79. The Labute approximate surface area is 68.4 Å². The highest BCUT2D eigenvalue weighted by molar-refractivity contribution is 8.49. The minimum absolute atomic E-state index is 0.351. The molecule has 0 amide bonds. The first kappa shape index (κ1) is 8.70. The van der Waals surface area contributed by atoms with Crippen LogP contribution >= 0.6 is 18.6 Å². The van der Waals surface area contributed by atoms with Gasteiger partial charge in [0.15, 0.2) is 0 Å².